The summed E-state index contributed by atoms with van der Waals surface area (Å²) in [6.45, 7) is 6.95. The van der Waals surface area contributed by atoms with Gasteiger partial charge in [-0.25, -0.2) is 9.78 Å². The Morgan fingerprint density at radius 1 is 1.17 bits per heavy atom. The molecule has 24 heavy (non-hydrogen) atoms. The maximum Gasteiger partial charge on any atom is 0.201 e. The van der Waals surface area contributed by atoms with Crippen LogP contribution in [0.2, 0.25) is 0 Å². The van der Waals surface area contributed by atoms with Crippen LogP contribution in [0.25, 0.3) is 0 Å². The van der Waals surface area contributed by atoms with E-state index in [4.69, 9.17) is 30.4 Å². The molecule has 5 fully saturated rings. The van der Waals surface area contributed by atoms with Gasteiger partial charge in [-0.15, -0.1) is 12.3 Å². The highest BCUT2D eigenvalue weighted by Crippen LogP contribution is 2.60. The van der Waals surface area contributed by atoms with E-state index >= 15 is 0 Å². The fourth-order valence-electron chi connectivity index (χ4n) is 5.30. The van der Waals surface area contributed by atoms with Crippen molar-refractivity contribution < 1.29 is 24.0 Å². The minimum atomic E-state index is -0.735. The van der Waals surface area contributed by atoms with Crippen molar-refractivity contribution in [2.75, 3.05) is 6.61 Å². The summed E-state index contributed by atoms with van der Waals surface area (Å²) >= 11 is 0. The van der Waals surface area contributed by atoms with Crippen molar-refractivity contribution in [3.63, 3.8) is 0 Å². The summed E-state index contributed by atoms with van der Waals surface area (Å²) < 4.78 is 18.5. The average Bonchev–Trinajstić information content (AvgIpc) is 2.78. The van der Waals surface area contributed by atoms with Gasteiger partial charge in [-0.1, -0.05) is 13.8 Å². The topological polar surface area (TPSA) is 46.2 Å². The molecular weight excluding hydrogens is 308 g/mol. The van der Waals surface area contributed by atoms with Gasteiger partial charge < -0.3 is 14.2 Å². The van der Waals surface area contributed by atoms with Gasteiger partial charge in [-0.05, 0) is 38.0 Å². The molecule has 5 rings (SSSR count). The lowest BCUT2D eigenvalue weighted by molar-refractivity contribution is -0.577. The summed E-state index contributed by atoms with van der Waals surface area (Å²) in [6, 6.07) is 0. The van der Waals surface area contributed by atoms with E-state index in [0.29, 0.717) is 30.8 Å². The Hall–Kier alpha value is -0.640. The molecule has 5 aliphatic rings. The molecule has 4 saturated heterocycles. The number of rotatable bonds is 3. The standard InChI is InChI=1S/C19H28O5/c1-5-6-11-20-16-13(3)15-8-7-12(2)14-9-10-18(4)22-17(21-16)19(14,15)24-23-18/h1,12-17H,6-11H2,2-4H3/t12-,13-,14+,15+,16-,17-,18+,19-/m1/s1. The van der Waals surface area contributed by atoms with Gasteiger partial charge in [0, 0.05) is 24.7 Å². The van der Waals surface area contributed by atoms with Crippen LogP contribution in [0.3, 0.4) is 0 Å². The highest BCUT2D eigenvalue weighted by molar-refractivity contribution is 5.09. The SMILES string of the molecule is C#CCCO[C@@H]1O[C@@H]2O[C@]3(C)CC[C@H]4[C@H](C)CC[C@@H]([C@H]1C)[C@@]24OO3. The van der Waals surface area contributed by atoms with Crippen molar-refractivity contribution >= 4 is 0 Å². The van der Waals surface area contributed by atoms with Crippen molar-refractivity contribution in [1.29, 1.82) is 0 Å². The van der Waals surface area contributed by atoms with Gasteiger partial charge in [-0.2, -0.15) is 0 Å². The lowest BCUT2D eigenvalue weighted by atomic mass is 9.58. The molecule has 134 valence electrons. The van der Waals surface area contributed by atoms with E-state index in [1.165, 1.54) is 6.42 Å². The maximum absolute atomic E-state index is 6.29. The van der Waals surface area contributed by atoms with Gasteiger partial charge in [0.25, 0.3) is 0 Å². The second kappa shape index (κ2) is 5.96. The van der Waals surface area contributed by atoms with Crippen LogP contribution in [0.15, 0.2) is 0 Å². The predicted molar refractivity (Wildman–Crippen MR) is 86.2 cm³/mol. The van der Waals surface area contributed by atoms with Crippen LogP contribution in [0.1, 0.15) is 52.9 Å². The van der Waals surface area contributed by atoms with E-state index in [2.05, 4.69) is 19.8 Å². The van der Waals surface area contributed by atoms with Crippen molar-refractivity contribution in [1.82, 2.24) is 0 Å². The third kappa shape index (κ3) is 2.35. The van der Waals surface area contributed by atoms with Crippen molar-refractivity contribution in [2.45, 2.75) is 76.8 Å². The summed E-state index contributed by atoms with van der Waals surface area (Å²) in [7, 11) is 0. The van der Waals surface area contributed by atoms with E-state index < -0.39 is 17.7 Å². The molecule has 1 aliphatic carbocycles. The van der Waals surface area contributed by atoms with E-state index in [9.17, 15) is 0 Å². The number of hydrogen-bond acceptors (Lipinski definition) is 5. The average molecular weight is 336 g/mol. The molecule has 0 radical (unpaired) electrons. The molecule has 4 heterocycles. The minimum absolute atomic E-state index is 0.212. The largest absolute Gasteiger partial charge is 0.351 e. The number of ether oxygens (including phenoxy) is 3. The molecule has 0 aromatic carbocycles. The van der Waals surface area contributed by atoms with Crippen molar-refractivity contribution in [3.05, 3.63) is 0 Å². The Kier molecular flexibility index (Phi) is 4.18. The molecule has 0 aromatic rings. The van der Waals surface area contributed by atoms with Crippen molar-refractivity contribution in [2.24, 2.45) is 23.7 Å². The van der Waals surface area contributed by atoms with Crippen LogP contribution in [-0.2, 0) is 24.0 Å². The molecule has 4 aliphatic heterocycles. The quantitative estimate of drug-likeness (QED) is 0.450. The fraction of sp³-hybridized carbons (Fsp3) is 0.895. The molecule has 1 spiro atoms. The third-order valence-corrected chi connectivity index (χ3v) is 6.63. The Balaban J connectivity index is 1.66. The van der Waals surface area contributed by atoms with Gasteiger partial charge >= 0.3 is 0 Å². The van der Waals surface area contributed by atoms with Gasteiger partial charge in [-0.3, -0.25) is 0 Å². The Morgan fingerprint density at radius 2 is 2.00 bits per heavy atom. The molecule has 5 heteroatoms. The summed E-state index contributed by atoms with van der Waals surface area (Å²) in [6.07, 6.45) is 9.33. The molecule has 8 atom stereocenters. The number of fused-ring (bicyclic) bond motifs is 2. The Labute approximate surface area is 144 Å². The molecule has 0 N–H and O–H groups in total. The lowest BCUT2D eigenvalue weighted by Gasteiger charge is -2.60. The van der Waals surface area contributed by atoms with Crippen molar-refractivity contribution in [3.8, 4) is 12.3 Å². The Bertz CT molecular complexity index is 530. The summed E-state index contributed by atoms with van der Waals surface area (Å²) in [5.74, 6) is 3.36. The van der Waals surface area contributed by atoms with Gasteiger partial charge in [0.2, 0.25) is 5.79 Å². The first-order chi connectivity index (χ1) is 11.5. The first-order valence-electron chi connectivity index (χ1n) is 9.25. The zero-order valence-electron chi connectivity index (χ0n) is 14.8. The normalized spacial score (nSPS) is 53.1. The molecular formula is C19H28O5. The molecule has 0 unspecified atom stereocenters. The van der Waals surface area contributed by atoms with Gasteiger partial charge in [0.15, 0.2) is 18.2 Å². The van der Waals surface area contributed by atoms with Crippen LogP contribution in [0.5, 0.6) is 0 Å². The van der Waals surface area contributed by atoms with Crippen LogP contribution in [-0.4, -0.2) is 30.6 Å². The van der Waals surface area contributed by atoms with Gasteiger partial charge in [0.05, 0.1) is 6.61 Å². The molecule has 0 aromatic heterocycles. The summed E-state index contributed by atoms with van der Waals surface area (Å²) in [5.41, 5.74) is -0.515. The zero-order valence-corrected chi connectivity index (χ0v) is 14.8. The second-order valence-electron chi connectivity index (χ2n) is 8.10. The van der Waals surface area contributed by atoms with Crippen LogP contribution in [0.4, 0.5) is 0 Å². The second-order valence-corrected chi connectivity index (χ2v) is 8.10. The smallest absolute Gasteiger partial charge is 0.201 e. The molecule has 1 saturated carbocycles. The van der Waals surface area contributed by atoms with Crippen LogP contribution >= 0.6 is 0 Å². The van der Waals surface area contributed by atoms with E-state index in [1.807, 2.05) is 6.92 Å². The molecule has 2 bridgehead atoms. The number of hydrogen-bond donors (Lipinski definition) is 0. The number of terminal acetylenes is 1. The summed E-state index contributed by atoms with van der Waals surface area (Å²) in [4.78, 5) is 11.9. The summed E-state index contributed by atoms with van der Waals surface area (Å²) in [5, 5.41) is 0. The van der Waals surface area contributed by atoms with Gasteiger partial charge in [0.1, 0.15) is 0 Å². The zero-order chi connectivity index (χ0) is 16.9. The van der Waals surface area contributed by atoms with Crippen LogP contribution in [0, 0.1) is 36.0 Å². The van der Waals surface area contributed by atoms with E-state index in [0.717, 1.165) is 19.3 Å². The molecule has 0 amide bonds. The van der Waals surface area contributed by atoms with Crippen LogP contribution < -0.4 is 0 Å². The lowest BCUT2D eigenvalue weighted by Crippen LogP contribution is -2.70. The highest BCUT2D eigenvalue weighted by Gasteiger charge is 2.69. The minimum Gasteiger partial charge on any atom is -0.351 e. The maximum atomic E-state index is 6.29. The fourth-order valence-corrected chi connectivity index (χ4v) is 5.30. The molecule has 5 nitrogen and oxygen atoms in total. The predicted octanol–water partition coefficient (Wildman–Crippen LogP) is 3.23. The van der Waals surface area contributed by atoms with E-state index in [1.54, 1.807) is 0 Å². The van der Waals surface area contributed by atoms with E-state index in [-0.39, 0.29) is 12.2 Å². The first-order valence-corrected chi connectivity index (χ1v) is 9.25. The highest BCUT2D eigenvalue weighted by atomic mass is 17.3. The Morgan fingerprint density at radius 3 is 2.79 bits per heavy atom. The third-order valence-electron chi connectivity index (χ3n) is 6.63. The first kappa shape index (κ1) is 16.8. The monoisotopic (exact) mass is 336 g/mol.